The number of likely N-dealkylation sites (N-methyl/N-ethyl adjacent to an activating group) is 1. The van der Waals surface area contributed by atoms with Crippen LogP contribution in [0.25, 0.3) is 0 Å². The van der Waals surface area contributed by atoms with Crippen molar-refractivity contribution < 1.29 is 9.47 Å². The molecule has 1 N–H and O–H groups in total. The third kappa shape index (κ3) is 4.03. The van der Waals surface area contributed by atoms with E-state index in [-0.39, 0.29) is 5.41 Å². The molecule has 3 aliphatic rings. The van der Waals surface area contributed by atoms with Crippen LogP contribution in [0.15, 0.2) is 24.3 Å². The van der Waals surface area contributed by atoms with E-state index in [4.69, 9.17) is 9.47 Å². The van der Waals surface area contributed by atoms with Crippen molar-refractivity contribution in [2.45, 2.75) is 43.9 Å². The summed E-state index contributed by atoms with van der Waals surface area (Å²) in [5, 5.41) is 3.49. The summed E-state index contributed by atoms with van der Waals surface area (Å²) >= 11 is 0. The van der Waals surface area contributed by atoms with Gasteiger partial charge in [-0.2, -0.15) is 0 Å². The average molecular weight is 373 g/mol. The van der Waals surface area contributed by atoms with Crippen molar-refractivity contribution in [2.24, 2.45) is 11.3 Å². The second-order valence-electron chi connectivity index (χ2n) is 9.39. The fourth-order valence-electron chi connectivity index (χ4n) is 5.53. The summed E-state index contributed by atoms with van der Waals surface area (Å²) < 4.78 is 12.0. The predicted octanol–water partition coefficient (Wildman–Crippen LogP) is 3.46. The molecule has 4 rings (SSSR count). The van der Waals surface area contributed by atoms with Crippen molar-refractivity contribution in [3.05, 3.63) is 29.8 Å². The van der Waals surface area contributed by atoms with E-state index in [1.165, 1.54) is 31.2 Å². The molecule has 2 saturated heterocycles. The molecule has 2 aliphatic heterocycles. The van der Waals surface area contributed by atoms with Crippen molar-refractivity contribution in [3.8, 4) is 5.75 Å². The summed E-state index contributed by atoms with van der Waals surface area (Å²) in [6.45, 7) is 5.92. The quantitative estimate of drug-likeness (QED) is 0.795. The van der Waals surface area contributed by atoms with E-state index in [1.807, 2.05) is 0 Å². The predicted molar refractivity (Wildman–Crippen MR) is 109 cm³/mol. The SMILES string of the molecule is CN(C)CC1(c2ccc(OCC3(C4CCCC4)CNC3)cc2)CCOCC1. The highest BCUT2D eigenvalue weighted by Gasteiger charge is 2.45. The van der Waals surface area contributed by atoms with Crippen LogP contribution in [-0.4, -0.2) is 58.5 Å². The van der Waals surface area contributed by atoms with Gasteiger partial charge in [-0.05, 0) is 63.4 Å². The Bertz CT molecular complexity index is 597. The van der Waals surface area contributed by atoms with Crippen molar-refractivity contribution >= 4 is 0 Å². The summed E-state index contributed by atoms with van der Waals surface area (Å²) in [6, 6.07) is 8.98. The lowest BCUT2D eigenvalue weighted by Gasteiger charge is -2.47. The first-order valence-electron chi connectivity index (χ1n) is 10.8. The molecule has 1 aliphatic carbocycles. The van der Waals surface area contributed by atoms with Crippen molar-refractivity contribution in [2.75, 3.05) is 53.6 Å². The van der Waals surface area contributed by atoms with Gasteiger partial charge in [-0.1, -0.05) is 25.0 Å². The molecular formula is C23H36N2O2. The lowest BCUT2D eigenvalue weighted by molar-refractivity contribution is 0.0230. The Kier molecular flexibility index (Phi) is 5.77. The highest BCUT2D eigenvalue weighted by Crippen LogP contribution is 2.43. The monoisotopic (exact) mass is 372 g/mol. The molecule has 150 valence electrons. The Balaban J connectivity index is 1.42. The summed E-state index contributed by atoms with van der Waals surface area (Å²) in [6.07, 6.45) is 7.78. The highest BCUT2D eigenvalue weighted by molar-refractivity contribution is 5.33. The minimum absolute atomic E-state index is 0.212. The van der Waals surface area contributed by atoms with E-state index in [1.54, 1.807) is 0 Å². The zero-order valence-electron chi connectivity index (χ0n) is 17.1. The molecule has 4 nitrogen and oxygen atoms in total. The van der Waals surface area contributed by atoms with Gasteiger partial charge in [-0.3, -0.25) is 0 Å². The Morgan fingerprint density at radius 3 is 2.30 bits per heavy atom. The second kappa shape index (κ2) is 8.10. The molecule has 0 bridgehead atoms. The van der Waals surface area contributed by atoms with Crippen LogP contribution in [0.3, 0.4) is 0 Å². The van der Waals surface area contributed by atoms with Gasteiger partial charge in [-0.15, -0.1) is 0 Å². The van der Waals surface area contributed by atoms with Gasteiger partial charge in [-0.25, -0.2) is 0 Å². The standard InChI is InChI=1S/C23H36N2O2/c1-25(2)17-22(11-13-26-14-12-22)20-7-9-21(10-8-20)27-18-23(15-24-16-23)19-5-3-4-6-19/h7-10,19,24H,3-6,11-18H2,1-2H3. The Labute approximate surface area is 164 Å². The van der Waals surface area contributed by atoms with Crippen LogP contribution in [0, 0.1) is 11.3 Å². The molecule has 27 heavy (non-hydrogen) atoms. The summed E-state index contributed by atoms with van der Waals surface area (Å²) in [4.78, 5) is 2.31. The first kappa shape index (κ1) is 19.2. The van der Waals surface area contributed by atoms with Gasteiger partial charge in [0.05, 0.1) is 6.61 Å². The fourth-order valence-corrected chi connectivity index (χ4v) is 5.53. The van der Waals surface area contributed by atoms with Crippen LogP contribution >= 0.6 is 0 Å². The van der Waals surface area contributed by atoms with Crippen LogP contribution in [-0.2, 0) is 10.2 Å². The normalized spacial score (nSPS) is 24.7. The maximum absolute atomic E-state index is 6.31. The van der Waals surface area contributed by atoms with Gasteiger partial charge in [0.15, 0.2) is 0 Å². The molecule has 0 atom stereocenters. The van der Waals surface area contributed by atoms with E-state index in [2.05, 4.69) is 48.6 Å². The minimum atomic E-state index is 0.212. The van der Waals surface area contributed by atoms with Crippen LogP contribution < -0.4 is 10.1 Å². The third-order valence-electron chi connectivity index (χ3n) is 7.24. The van der Waals surface area contributed by atoms with Gasteiger partial charge in [0, 0.05) is 43.7 Å². The van der Waals surface area contributed by atoms with Crippen molar-refractivity contribution in [1.29, 1.82) is 0 Å². The van der Waals surface area contributed by atoms with E-state index in [0.29, 0.717) is 5.41 Å². The van der Waals surface area contributed by atoms with Crippen LogP contribution in [0.1, 0.15) is 44.1 Å². The number of hydrogen-bond acceptors (Lipinski definition) is 4. The van der Waals surface area contributed by atoms with E-state index in [0.717, 1.165) is 64.0 Å². The van der Waals surface area contributed by atoms with E-state index in [9.17, 15) is 0 Å². The highest BCUT2D eigenvalue weighted by atomic mass is 16.5. The summed E-state index contributed by atoms with van der Waals surface area (Å²) in [5.41, 5.74) is 2.02. The number of rotatable bonds is 7. The Morgan fingerprint density at radius 1 is 1.07 bits per heavy atom. The first-order valence-corrected chi connectivity index (χ1v) is 10.8. The maximum atomic E-state index is 6.31. The molecule has 1 saturated carbocycles. The van der Waals surface area contributed by atoms with Gasteiger partial charge >= 0.3 is 0 Å². The molecular weight excluding hydrogens is 336 g/mol. The lowest BCUT2D eigenvalue weighted by Crippen LogP contribution is -2.60. The minimum Gasteiger partial charge on any atom is -0.493 e. The smallest absolute Gasteiger partial charge is 0.119 e. The fraction of sp³-hybridized carbons (Fsp3) is 0.739. The van der Waals surface area contributed by atoms with Gasteiger partial charge in [0.1, 0.15) is 5.75 Å². The maximum Gasteiger partial charge on any atom is 0.119 e. The molecule has 0 aromatic heterocycles. The van der Waals surface area contributed by atoms with Gasteiger partial charge in [0.2, 0.25) is 0 Å². The van der Waals surface area contributed by atoms with Crippen LogP contribution in [0.2, 0.25) is 0 Å². The molecule has 1 aromatic rings. The topological polar surface area (TPSA) is 33.7 Å². The molecule has 0 radical (unpaired) electrons. The number of hydrogen-bond donors (Lipinski definition) is 1. The number of nitrogens with zero attached hydrogens (tertiary/aromatic N) is 1. The zero-order valence-corrected chi connectivity index (χ0v) is 17.1. The number of ether oxygens (including phenoxy) is 2. The lowest BCUT2D eigenvalue weighted by atomic mass is 9.70. The number of benzene rings is 1. The van der Waals surface area contributed by atoms with E-state index < -0.39 is 0 Å². The molecule has 3 fully saturated rings. The summed E-state index contributed by atoms with van der Waals surface area (Å²) in [5.74, 6) is 1.87. The molecule has 0 unspecified atom stereocenters. The van der Waals surface area contributed by atoms with Crippen LogP contribution in [0.4, 0.5) is 0 Å². The Hall–Kier alpha value is -1.10. The third-order valence-corrected chi connectivity index (χ3v) is 7.24. The largest absolute Gasteiger partial charge is 0.493 e. The molecule has 0 amide bonds. The first-order chi connectivity index (χ1) is 13.1. The molecule has 0 spiro atoms. The molecule has 1 aromatic carbocycles. The molecule has 2 heterocycles. The van der Waals surface area contributed by atoms with Crippen LogP contribution in [0.5, 0.6) is 5.75 Å². The number of nitrogens with one attached hydrogen (secondary N) is 1. The van der Waals surface area contributed by atoms with Gasteiger partial charge < -0.3 is 19.7 Å². The zero-order chi connectivity index (χ0) is 18.7. The second-order valence-corrected chi connectivity index (χ2v) is 9.39. The molecule has 4 heteroatoms. The summed E-state index contributed by atoms with van der Waals surface area (Å²) in [7, 11) is 4.34. The average Bonchev–Trinajstić information content (AvgIpc) is 3.16. The Morgan fingerprint density at radius 2 is 1.74 bits per heavy atom. The van der Waals surface area contributed by atoms with E-state index >= 15 is 0 Å². The van der Waals surface area contributed by atoms with Crippen molar-refractivity contribution in [3.63, 3.8) is 0 Å². The van der Waals surface area contributed by atoms with Crippen molar-refractivity contribution in [1.82, 2.24) is 10.2 Å². The van der Waals surface area contributed by atoms with Gasteiger partial charge in [0.25, 0.3) is 0 Å².